The topological polar surface area (TPSA) is 71.0 Å². The summed E-state index contributed by atoms with van der Waals surface area (Å²) < 4.78 is 5.25. The Morgan fingerprint density at radius 1 is 1.26 bits per heavy atom. The Morgan fingerprint density at radius 3 is 2.74 bits per heavy atom. The van der Waals surface area contributed by atoms with Gasteiger partial charge in [-0.25, -0.2) is 0 Å². The van der Waals surface area contributed by atoms with Gasteiger partial charge < -0.3 is 15.0 Å². The highest BCUT2D eigenvalue weighted by molar-refractivity contribution is 8.15. The van der Waals surface area contributed by atoms with Crippen molar-refractivity contribution in [3.05, 3.63) is 0 Å². The Kier molecular flexibility index (Phi) is 5.94. The first kappa shape index (κ1) is 16.8. The van der Waals surface area contributed by atoms with Gasteiger partial charge in [0, 0.05) is 26.1 Å². The largest absolute Gasteiger partial charge is 0.378 e. The Labute approximate surface area is 141 Å². The standard InChI is InChI=1S/C16H25N3O3S/c20-14(19-6-8-22-9-7-19)10-13-15(21)18-16(23-13)17-11-12-4-2-1-3-5-12/h12-13H,1-11H2,(H,17,18,21). The van der Waals surface area contributed by atoms with Crippen molar-refractivity contribution < 1.29 is 14.3 Å². The first-order chi connectivity index (χ1) is 11.2. The zero-order valence-electron chi connectivity index (χ0n) is 13.5. The molecule has 0 bridgehead atoms. The summed E-state index contributed by atoms with van der Waals surface area (Å²) in [7, 11) is 0. The normalized spacial score (nSPS) is 28.2. The summed E-state index contributed by atoms with van der Waals surface area (Å²) in [5.74, 6) is 0.608. The lowest BCUT2D eigenvalue weighted by Crippen LogP contribution is -2.42. The number of amides is 2. The van der Waals surface area contributed by atoms with Crippen molar-refractivity contribution in [1.82, 2.24) is 10.2 Å². The number of aliphatic imine (C=N–C) groups is 1. The summed E-state index contributed by atoms with van der Waals surface area (Å²) in [5, 5.41) is 3.19. The molecule has 1 saturated carbocycles. The molecule has 2 heterocycles. The number of hydrogen-bond acceptors (Lipinski definition) is 5. The summed E-state index contributed by atoms with van der Waals surface area (Å²) in [6.45, 7) is 3.22. The molecular weight excluding hydrogens is 314 g/mol. The molecule has 0 spiro atoms. The van der Waals surface area contributed by atoms with Crippen LogP contribution < -0.4 is 5.32 Å². The quantitative estimate of drug-likeness (QED) is 0.840. The fourth-order valence-corrected chi connectivity index (χ4v) is 4.27. The van der Waals surface area contributed by atoms with Gasteiger partial charge in [-0.2, -0.15) is 0 Å². The van der Waals surface area contributed by atoms with Gasteiger partial charge in [-0.1, -0.05) is 31.0 Å². The summed E-state index contributed by atoms with van der Waals surface area (Å²) in [4.78, 5) is 30.7. The maximum absolute atomic E-state index is 12.2. The highest BCUT2D eigenvalue weighted by Gasteiger charge is 2.33. The van der Waals surface area contributed by atoms with Crippen LogP contribution in [0.1, 0.15) is 38.5 Å². The Bertz CT molecular complexity index is 471. The zero-order valence-corrected chi connectivity index (χ0v) is 14.3. The van der Waals surface area contributed by atoms with Crippen LogP contribution in [0.2, 0.25) is 0 Å². The summed E-state index contributed by atoms with van der Waals surface area (Å²) in [5.41, 5.74) is 0. The average Bonchev–Trinajstić information content (AvgIpc) is 2.94. The number of rotatable bonds is 4. The molecule has 0 radical (unpaired) electrons. The monoisotopic (exact) mass is 339 g/mol. The number of morpholine rings is 1. The second kappa shape index (κ2) is 8.15. The fourth-order valence-electron chi connectivity index (χ4n) is 3.30. The zero-order chi connectivity index (χ0) is 16.1. The first-order valence-electron chi connectivity index (χ1n) is 8.60. The van der Waals surface area contributed by atoms with Gasteiger partial charge >= 0.3 is 0 Å². The van der Waals surface area contributed by atoms with E-state index in [0.29, 0.717) is 37.4 Å². The summed E-state index contributed by atoms with van der Waals surface area (Å²) in [6.07, 6.45) is 6.67. The van der Waals surface area contributed by atoms with Gasteiger partial charge in [-0.3, -0.25) is 14.6 Å². The van der Waals surface area contributed by atoms with E-state index in [2.05, 4.69) is 10.3 Å². The second-order valence-corrected chi connectivity index (χ2v) is 7.63. The molecule has 1 N–H and O–H groups in total. The van der Waals surface area contributed by atoms with E-state index in [0.717, 1.165) is 6.54 Å². The highest BCUT2D eigenvalue weighted by Crippen LogP contribution is 2.26. The second-order valence-electron chi connectivity index (χ2n) is 6.44. The number of ether oxygens (including phenoxy) is 1. The van der Waals surface area contributed by atoms with Crippen LogP contribution in [0.4, 0.5) is 0 Å². The predicted octanol–water partition coefficient (Wildman–Crippen LogP) is 1.40. The Morgan fingerprint density at radius 2 is 2.00 bits per heavy atom. The molecular formula is C16H25N3O3S. The number of nitrogens with zero attached hydrogens (tertiary/aromatic N) is 2. The first-order valence-corrected chi connectivity index (χ1v) is 9.48. The lowest BCUT2D eigenvalue weighted by Gasteiger charge is -2.27. The van der Waals surface area contributed by atoms with Gasteiger partial charge in [-0.15, -0.1) is 0 Å². The van der Waals surface area contributed by atoms with Gasteiger partial charge in [0.25, 0.3) is 0 Å². The van der Waals surface area contributed by atoms with Crippen LogP contribution in [-0.2, 0) is 14.3 Å². The molecule has 2 saturated heterocycles. The van der Waals surface area contributed by atoms with Crippen molar-refractivity contribution in [3.63, 3.8) is 0 Å². The molecule has 7 heteroatoms. The van der Waals surface area contributed by atoms with E-state index in [9.17, 15) is 9.59 Å². The van der Waals surface area contributed by atoms with E-state index in [1.165, 1.54) is 43.9 Å². The van der Waals surface area contributed by atoms with E-state index in [1.54, 1.807) is 4.90 Å². The van der Waals surface area contributed by atoms with Crippen molar-refractivity contribution in [2.75, 3.05) is 32.8 Å². The maximum Gasteiger partial charge on any atom is 0.240 e. The summed E-state index contributed by atoms with van der Waals surface area (Å²) in [6, 6.07) is 0. The van der Waals surface area contributed by atoms with Crippen molar-refractivity contribution in [3.8, 4) is 0 Å². The molecule has 1 atom stereocenters. The molecule has 0 aromatic rings. The number of hydrogen-bond donors (Lipinski definition) is 1. The molecule has 128 valence electrons. The van der Waals surface area contributed by atoms with Gasteiger partial charge in [0.2, 0.25) is 11.8 Å². The smallest absolute Gasteiger partial charge is 0.240 e. The highest BCUT2D eigenvalue weighted by atomic mass is 32.2. The molecule has 3 rings (SSSR count). The lowest BCUT2D eigenvalue weighted by atomic mass is 9.89. The average molecular weight is 339 g/mol. The number of amidine groups is 1. The Hall–Kier alpha value is -1.08. The third-order valence-corrected chi connectivity index (χ3v) is 5.84. The SMILES string of the molecule is O=C1NC(=NCC2CCCCC2)SC1CC(=O)N1CCOCC1. The van der Waals surface area contributed by atoms with Gasteiger partial charge in [0.15, 0.2) is 5.17 Å². The third kappa shape index (κ3) is 4.70. The number of nitrogens with one attached hydrogen (secondary N) is 1. The molecule has 1 unspecified atom stereocenters. The summed E-state index contributed by atoms with van der Waals surface area (Å²) >= 11 is 1.41. The van der Waals surface area contributed by atoms with E-state index < -0.39 is 0 Å². The van der Waals surface area contributed by atoms with Crippen LogP contribution in [0.3, 0.4) is 0 Å². The van der Waals surface area contributed by atoms with E-state index >= 15 is 0 Å². The molecule has 23 heavy (non-hydrogen) atoms. The van der Waals surface area contributed by atoms with Crippen molar-refractivity contribution in [2.45, 2.75) is 43.8 Å². The fraction of sp³-hybridized carbons (Fsp3) is 0.812. The van der Waals surface area contributed by atoms with Crippen LogP contribution in [0.15, 0.2) is 4.99 Å². The van der Waals surface area contributed by atoms with Gasteiger partial charge in [-0.05, 0) is 18.8 Å². The Balaban J connectivity index is 1.47. The van der Waals surface area contributed by atoms with E-state index in [-0.39, 0.29) is 23.5 Å². The molecule has 2 amide bonds. The van der Waals surface area contributed by atoms with E-state index in [1.807, 2.05) is 0 Å². The van der Waals surface area contributed by atoms with Gasteiger partial charge in [0.1, 0.15) is 5.25 Å². The van der Waals surface area contributed by atoms with Crippen LogP contribution in [0.25, 0.3) is 0 Å². The van der Waals surface area contributed by atoms with Crippen LogP contribution in [0.5, 0.6) is 0 Å². The van der Waals surface area contributed by atoms with Crippen LogP contribution >= 0.6 is 11.8 Å². The molecule has 3 fully saturated rings. The minimum atomic E-state index is -0.338. The number of carbonyl (C=O) groups is 2. The van der Waals surface area contributed by atoms with Gasteiger partial charge in [0.05, 0.1) is 13.2 Å². The van der Waals surface area contributed by atoms with Crippen LogP contribution in [0, 0.1) is 5.92 Å². The predicted molar refractivity (Wildman–Crippen MR) is 90.4 cm³/mol. The molecule has 2 aliphatic heterocycles. The van der Waals surface area contributed by atoms with Crippen molar-refractivity contribution >= 4 is 28.7 Å². The minimum absolute atomic E-state index is 0.0366. The maximum atomic E-state index is 12.2. The van der Waals surface area contributed by atoms with E-state index in [4.69, 9.17) is 4.74 Å². The molecule has 0 aromatic heterocycles. The lowest BCUT2D eigenvalue weighted by molar-refractivity contribution is -0.136. The molecule has 0 aromatic carbocycles. The molecule has 1 aliphatic carbocycles. The van der Waals surface area contributed by atoms with Crippen molar-refractivity contribution in [1.29, 1.82) is 0 Å². The minimum Gasteiger partial charge on any atom is -0.378 e. The third-order valence-electron chi connectivity index (χ3n) is 4.72. The van der Waals surface area contributed by atoms with Crippen LogP contribution in [-0.4, -0.2) is 60.0 Å². The molecule has 3 aliphatic rings. The number of thioether (sulfide) groups is 1. The van der Waals surface area contributed by atoms with Crippen molar-refractivity contribution in [2.24, 2.45) is 10.9 Å². The number of carbonyl (C=O) groups excluding carboxylic acids is 2. The molecule has 6 nitrogen and oxygen atoms in total.